The van der Waals surface area contributed by atoms with Crippen molar-refractivity contribution in [2.75, 3.05) is 14.2 Å². The second-order valence-electron chi connectivity index (χ2n) is 4.63. The second-order valence-corrected chi connectivity index (χ2v) is 5.55. The van der Waals surface area contributed by atoms with Crippen LogP contribution in [0.3, 0.4) is 0 Å². The van der Waals surface area contributed by atoms with Crippen molar-refractivity contribution in [3.8, 4) is 0 Å². The fourth-order valence-electron chi connectivity index (χ4n) is 2.29. The van der Waals surface area contributed by atoms with Gasteiger partial charge < -0.3 is 10.1 Å². The molecule has 1 aromatic heterocycles. The summed E-state index contributed by atoms with van der Waals surface area (Å²) in [6.07, 6.45) is 2.65. The SMILES string of the molecule is CNC(Cc1ccc(Br)cn1)C(OC)c1ccccc1. The maximum absolute atomic E-state index is 5.69. The molecule has 0 aliphatic rings. The fraction of sp³-hybridized carbons (Fsp3) is 0.312. The number of aromatic nitrogens is 1. The summed E-state index contributed by atoms with van der Waals surface area (Å²) in [4.78, 5) is 4.43. The van der Waals surface area contributed by atoms with Gasteiger partial charge in [-0.25, -0.2) is 0 Å². The van der Waals surface area contributed by atoms with Crippen LogP contribution < -0.4 is 5.32 Å². The molecule has 3 nitrogen and oxygen atoms in total. The van der Waals surface area contributed by atoms with E-state index in [1.165, 1.54) is 5.56 Å². The third-order valence-electron chi connectivity index (χ3n) is 3.34. The van der Waals surface area contributed by atoms with Gasteiger partial charge in [0.25, 0.3) is 0 Å². The number of rotatable bonds is 6. The second kappa shape index (κ2) is 7.53. The normalized spacial score (nSPS) is 13.9. The van der Waals surface area contributed by atoms with E-state index in [4.69, 9.17) is 4.74 Å². The number of likely N-dealkylation sites (N-methyl/N-ethyl adjacent to an activating group) is 1. The largest absolute Gasteiger partial charge is 0.375 e. The summed E-state index contributed by atoms with van der Waals surface area (Å²) in [5.41, 5.74) is 2.22. The first-order valence-corrected chi connectivity index (χ1v) is 7.39. The van der Waals surface area contributed by atoms with Gasteiger partial charge in [-0.2, -0.15) is 0 Å². The number of nitrogens with one attached hydrogen (secondary N) is 1. The molecule has 2 aromatic rings. The Balaban J connectivity index is 2.15. The molecule has 0 amide bonds. The van der Waals surface area contributed by atoms with E-state index >= 15 is 0 Å². The van der Waals surface area contributed by atoms with Crippen molar-refractivity contribution in [2.45, 2.75) is 18.6 Å². The lowest BCUT2D eigenvalue weighted by Crippen LogP contribution is -2.35. The van der Waals surface area contributed by atoms with Gasteiger partial charge in [0, 0.05) is 35.9 Å². The van der Waals surface area contributed by atoms with E-state index in [1.807, 2.05) is 43.6 Å². The lowest BCUT2D eigenvalue weighted by molar-refractivity contribution is 0.0701. The lowest BCUT2D eigenvalue weighted by atomic mass is 9.98. The van der Waals surface area contributed by atoms with E-state index in [0.717, 1.165) is 16.6 Å². The van der Waals surface area contributed by atoms with Crippen LogP contribution in [0.15, 0.2) is 53.1 Å². The molecule has 0 aliphatic heterocycles. The molecule has 2 rings (SSSR count). The van der Waals surface area contributed by atoms with Crippen LogP contribution in [-0.2, 0) is 11.2 Å². The first kappa shape index (κ1) is 15.2. The molecule has 0 radical (unpaired) electrons. The van der Waals surface area contributed by atoms with Gasteiger partial charge >= 0.3 is 0 Å². The highest BCUT2D eigenvalue weighted by molar-refractivity contribution is 9.10. The van der Waals surface area contributed by atoms with Gasteiger partial charge in [0.1, 0.15) is 0 Å². The highest BCUT2D eigenvalue weighted by Gasteiger charge is 2.22. The van der Waals surface area contributed by atoms with Crippen molar-refractivity contribution in [2.24, 2.45) is 0 Å². The molecule has 2 atom stereocenters. The third-order valence-corrected chi connectivity index (χ3v) is 3.81. The van der Waals surface area contributed by atoms with Gasteiger partial charge in [0.2, 0.25) is 0 Å². The summed E-state index contributed by atoms with van der Waals surface area (Å²) >= 11 is 3.41. The van der Waals surface area contributed by atoms with Gasteiger partial charge in [0.15, 0.2) is 0 Å². The maximum Gasteiger partial charge on any atom is 0.0977 e. The summed E-state index contributed by atoms with van der Waals surface area (Å²) in [5, 5.41) is 3.34. The zero-order valence-electron chi connectivity index (χ0n) is 11.7. The lowest BCUT2D eigenvalue weighted by Gasteiger charge is -2.26. The zero-order chi connectivity index (χ0) is 14.4. The van der Waals surface area contributed by atoms with E-state index in [2.05, 4.69) is 38.4 Å². The quantitative estimate of drug-likeness (QED) is 0.879. The molecule has 1 aromatic carbocycles. The molecule has 20 heavy (non-hydrogen) atoms. The number of nitrogens with zero attached hydrogens (tertiary/aromatic N) is 1. The van der Waals surface area contributed by atoms with E-state index in [0.29, 0.717) is 0 Å². The van der Waals surface area contributed by atoms with Gasteiger partial charge in [0.05, 0.1) is 6.10 Å². The van der Waals surface area contributed by atoms with Crippen LogP contribution in [0, 0.1) is 0 Å². The van der Waals surface area contributed by atoms with Crippen LogP contribution in [0.4, 0.5) is 0 Å². The predicted molar refractivity (Wildman–Crippen MR) is 84.7 cm³/mol. The Morgan fingerprint density at radius 1 is 1.20 bits per heavy atom. The van der Waals surface area contributed by atoms with Crippen molar-refractivity contribution < 1.29 is 4.74 Å². The van der Waals surface area contributed by atoms with Gasteiger partial charge in [-0.05, 0) is 40.7 Å². The van der Waals surface area contributed by atoms with E-state index < -0.39 is 0 Å². The van der Waals surface area contributed by atoms with E-state index in [1.54, 1.807) is 7.11 Å². The van der Waals surface area contributed by atoms with Crippen LogP contribution in [0.5, 0.6) is 0 Å². The minimum Gasteiger partial charge on any atom is -0.375 e. The summed E-state index contributed by atoms with van der Waals surface area (Å²) in [6, 6.07) is 14.5. The van der Waals surface area contributed by atoms with Crippen molar-refractivity contribution in [3.05, 3.63) is 64.4 Å². The monoisotopic (exact) mass is 334 g/mol. The molecule has 0 aliphatic carbocycles. The smallest absolute Gasteiger partial charge is 0.0977 e. The van der Waals surface area contributed by atoms with Crippen LogP contribution in [-0.4, -0.2) is 25.2 Å². The highest BCUT2D eigenvalue weighted by atomic mass is 79.9. The van der Waals surface area contributed by atoms with Crippen molar-refractivity contribution >= 4 is 15.9 Å². The standard InChI is InChI=1S/C16H19BrN2O/c1-18-15(10-14-9-8-13(17)11-19-14)16(20-2)12-6-4-3-5-7-12/h3-9,11,15-16,18H,10H2,1-2H3. The van der Waals surface area contributed by atoms with Gasteiger partial charge in [-0.1, -0.05) is 30.3 Å². The van der Waals surface area contributed by atoms with Crippen LogP contribution in [0.2, 0.25) is 0 Å². The fourth-order valence-corrected chi connectivity index (χ4v) is 2.52. The van der Waals surface area contributed by atoms with Crippen LogP contribution in [0.25, 0.3) is 0 Å². The van der Waals surface area contributed by atoms with Crippen LogP contribution >= 0.6 is 15.9 Å². The molecule has 0 bridgehead atoms. The molecule has 0 saturated carbocycles. The Bertz CT molecular complexity index is 516. The number of hydrogen-bond acceptors (Lipinski definition) is 3. The average molecular weight is 335 g/mol. The van der Waals surface area contributed by atoms with Crippen LogP contribution in [0.1, 0.15) is 17.4 Å². The summed E-state index contributed by atoms with van der Waals surface area (Å²) in [7, 11) is 3.70. The first-order chi connectivity index (χ1) is 9.74. The number of pyridine rings is 1. The van der Waals surface area contributed by atoms with Crippen molar-refractivity contribution in [1.29, 1.82) is 0 Å². The number of halogens is 1. The number of ether oxygens (including phenoxy) is 1. The van der Waals surface area contributed by atoms with Crippen molar-refractivity contribution in [1.82, 2.24) is 10.3 Å². The zero-order valence-corrected chi connectivity index (χ0v) is 13.3. The summed E-state index contributed by atoms with van der Waals surface area (Å²) in [6.45, 7) is 0. The number of benzene rings is 1. The molecule has 0 spiro atoms. The Kier molecular flexibility index (Phi) is 5.71. The van der Waals surface area contributed by atoms with E-state index in [9.17, 15) is 0 Å². The topological polar surface area (TPSA) is 34.2 Å². The molecule has 0 fully saturated rings. The molecule has 4 heteroatoms. The Hall–Kier alpha value is -1.23. The summed E-state index contributed by atoms with van der Waals surface area (Å²) in [5.74, 6) is 0. The highest BCUT2D eigenvalue weighted by Crippen LogP contribution is 2.22. The molecular weight excluding hydrogens is 316 g/mol. The Morgan fingerprint density at radius 3 is 2.50 bits per heavy atom. The summed E-state index contributed by atoms with van der Waals surface area (Å²) < 4.78 is 6.68. The number of methoxy groups -OCH3 is 1. The molecule has 0 saturated heterocycles. The molecule has 2 unspecified atom stereocenters. The van der Waals surface area contributed by atoms with Gasteiger partial charge in [-0.15, -0.1) is 0 Å². The molecule has 106 valence electrons. The molecular formula is C16H19BrN2O. The third kappa shape index (κ3) is 3.88. The molecule has 1 heterocycles. The van der Waals surface area contributed by atoms with Crippen molar-refractivity contribution in [3.63, 3.8) is 0 Å². The first-order valence-electron chi connectivity index (χ1n) is 6.60. The maximum atomic E-state index is 5.69. The Morgan fingerprint density at radius 2 is 1.95 bits per heavy atom. The molecule has 1 N–H and O–H groups in total. The number of hydrogen-bond donors (Lipinski definition) is 1. The minimum absolute atomic E-state index is 0.00615. The van der Waals surface area contributed by atoms with Gasteiger partial charge in [-0.3, -0.25) is 4.98 Å². The average Bonchev–Trinajstić information content (AvgIpc) is 2.50. The minimum atomic E-state index is 0.00615. The predicted octanol–water partition coefficient (Wildman–Crippen LogP) is 3.36. The Labute approximate surface area is 128 Å². The van der Waals surface area contributed by atoms with E-state index in [-0.39, 0.29) is 12.1 Å².